The van der Waals surface area contributed by atoms with E-state index in [4.69, 9.17) is 21.3 Å². The fraction of sp³-hybridized carbons (Fsp3) is 0.233. The maximum atomic E-state index is 14.1. The molecule has 220 valence electrons. The molecule has 0 fully saturated rings. The van der Waals surface area contributed by atoms with Gasteiger partial charge >= 0.3 is 5.97 Å². The fourth-order valence-electron chi connectivity index (χ4n) is 4.89. The molecule has 0 bridgehead atoms. The van der Waals surface area contributed by atoms with E-state index in [2.05, 4.69) is 15.1 Å². The Morgan fingerprint density at radius 3 is 2.74 bits per heavy atom. The SMILES string of the molecule is CCn1cncc1Cn1c(CN2CCN(c3cccc(OCc4ccc(Cl)cc4F)n3)C=N2)nc2ccc(C(=O)O)cc21. The van der Waals surface area contributed by atoms with Gasteiger partial charge in [-0.1, -0.05) is 23.7 Å². The molecule has 1 aliphatic heterocycles. The minimum Gasteiger partial charge on any atom is -0.478 e. The van der Waals surface area contributed by atoms with Crippen LogP contribution in [0.3, 0.4) is 0 Å². The zero-order chi connectivity index (χ0) is 29.9. The normalized spacial score (nSPS) is 13.2. The van der Waals surface area contributed by atoms with Crippen LogP contribution in [-0.4, -0.2) is 59.6 Å². The van der Waals surface area contributed by atoms with Crippen LogP contribution < -0.4 is 9.64 Å². The van der Waals surface area contributed by atoms with Crippen molar-refractivity contribution < 1.29 is 19.0 Å². The highest BCUT2D eigenvalue weighted by molar-refractivity contribution is 6.30. The number of hydrogen-bond donors (Lipinski definition) is 1. The number of aryl methyl sites for hydroxylation is 1. The van der Waals surface area contributed by atoms with Crippen molar-refractivity contribution in [3.8, 4) is 5.88 Å². The number of carboxylic acid groups (broad SMARTS) is 1. The topological polar surface area (TPSA) is 114 Å². The van der Waals surface area contributed by atoms with Crippen LogP contribution in [0, 0.1) is 5.82 Å². The number of nitrogens with zero attached hydrogens (tertiary/aromatic N) is 8. The van der Waals surface area contributed by atoms with Gasteiger partial charge in [-0.25, -0.2) is 19.2 Å². The summed E-state index contributed by atoms with van der Waals surface area (Å²) in [6.07, 6.45) is 5.30. The van der Waals surface area contributed by atoms with Gasteiger partial charge in [0.1, 0.15) is 30.4 Å². The largest absolute Gasteiger partial charge is 0.478 e. The van der Waals surface area contributed by atoms with Gasteiger partial charge in [-0.15, -0.1) is 0 Å². The lowest BCUT2D eigenvalue weighted by Gasteiger charge is -2.29. The molecule has 11 nitrogen and oxygen atoms in total. The third-order valence-electron chi connectivity index (χ3n) is 7.20. The Balaban J connectivity index is 1.18. The summed E-state index contributed by atoms with van der Waals surface area (Å²) in [5.74, 6) is 0.353. The van der Waals surface area contributed by atoms with Crippen molar-refractivity contribution in [2.24, 2.45) is 5.10 Å². The lowest BCUT2D eigenvalue weighted by atomic mass is 10.2. The number of aromatic nitrogens is 5. The predicted molar refractivity (Wildman–Crippen MR) is 160 cm³/mol. The number of carbonyl (C=O) groups is 1. The highest BCUT2D eigenvalue weighted by atomic mass is 35.5. The Labute approximate surface area is 251 Å². The Hall–Kier alpha value is -4.97. The molecule has 0 spiro atoms. The van der Waals surface area contributed by atoms with Gasteiger partial charge in [0.2, 0.25) is 5.88 Å². The van der Waals surface area contributed by atoms with E-state index in [9.17, 15) is 14.3 Å². The molecule has 0 unspecified atom stereocenters. The summed E-state index contributed by atoms with van der Waals surface area (Å²) in [6, 6.07) is 14.8. The maximum Gasteiger partial charge on any atom is 0.335 e. The highest BCUT2D eigenvalue weighted by Crippen LogP contribution is 2.23. The Kier molecular flexibility index (Phi) is 7.93. The first kappa shape index (κ1) is 28.2. The highest BCUT2D eigenvalue weighted by Gasteiger charge is 2.20. The first-order valence-electron chi connectivity index (χ1n) is 13.7. The number of aromatic carboxylic acids is 1. The summed E-state index contributed by atoms with van der Waals surface area (Å²) in [6.45, 7) is 4.95. The van der Waals surface area contributed by atoms with Gasteiger partial charge in [0.05, 0.1) is 48.3 Å². The van der Waals surface area contributed by atoms with Crippen molar-refractivity contribution in [1.29, 1.82) is 0 Å². The fourth-order valence-corrected chi connectivity index (χ4v) is 5.05. The number of anilines is 1. The summed E-state index contributed by atoms with van der Waals surface area (Å²) in [7, 11) is 0. The Bertz CT molecular complexity index is 1820. The summed E-state index contributed by atoms with van der Waals surface area (Å²) in [4.78, 5) is 27.3. The first-order valence-corrected chi connectivity index (χ1v) is 14.1. The number of fused-ring (bicyclic) bond motifs is 1. The summed E-state index contributed by atoms with van der Waals surface area (Å²) in [5.41, 5.74) is 3.03. The van der Waals surface area contributed by atoms with Crippen molar-refractivity contribution in [3.63, 3.8) is 0 Å². The molecule has 1 N–H and O–H groups in total. The summed E-state index contributed by atoms with van der Waals surface area (Å²) in [5, 5.41) is 16.4. The van der Waals surface area contributed by atoms with Gasteiger partial charge in [0, 0.05) is 35.9 Å². The van der Waals surface area contributed by atoms with Gasteiger partial charge in [0.25, 0.3) is 0 Å². The molecule has 6 rings (SSSR count). The number of imidazole rings is 2. The standard InChI is InChI=1S/C30H28ClFN8O3/c1-2-37-18-33-14-23(37)15-40-26-12-20(30(41)42)7-9-25(26)35-28(40)16-39-11-10-38(19-34-39)27-4-3-5-29(36-27)43-17-21-6-8-22(31)13-24(21)32/h3-9,12-14,18-19H,2,10-11,15-17H2,1H3,(H,41,42). The molecule has 0 radical (unpaired) electrons. The van der Waals surface area contributed by atoms with E-state index in [0.717, 1.165) is 23.6 Å². The maximum absolute atomic E-state index is 14.1. The van der Waals surface area contributed by atoms with E-state index >= 15 is 0 Å². The van der Waals surface area contributed by atoms with Gasteiger partial charge in [0.15, 0.2) is 0 Å². The predicted octanol–water partition coefficient (Wildman–Crippen LogP) is 5.03. The average molecular weight is 603 g/mol. The number of hydrogen-bond acceptors (Lipinski definition) is 8. The Morgan fingerprint density at radius 2 is 1.98 bits per heavy atom. The van der Waals surface area contributed by atoms with Crippen molar-refractivity contribution in [1.82, 2.24) is 29.1 Å². The van der Waals surface area contributed by atoms with E-state index in [1.165, 1.54) is 6.07 Å². The van der Waals surface area contributed by atoms with Crippen LogP contribution >= 0.6 is 11.6 Å². The quantitative estimate of drug-likeness (QED) is 0.237. The molecule has 0 aliphatic carbocycles. The second-order valence-corrected chi connectivity index (χ2v) is 10.4. The second-order valence-electron chi connectivity index (χ2n) is 9.96. The van der Waals surface area contributed by atoms with E-state index < -0.39 is 11.8 Å². The zero-order valence-corrected chi connectivity index (χ0v) is 24.0. The van der Waals surface area contributed by atoms with Gasteiger partial charge < -0.3 is 23.9 Å². The Morgan fingerprint density at radius 1 is 1.09 bits per heavy atom. The van der Waals surface area contributed by atoms with E-state index in [0.29, 0.717) is 54.0 Å². The number of carboxylic acids is 1. The smallest absolute Gasteiger partial charge is 0.335 e. The summed E-state index contributed by atoms with van der Waals surface area (Å²) < 4.78 is 23.9. The third kappa shape index (κ3) is 6.14. The minimum absolute atomic E-state index is 0.0231. The van der Waals surface area contributed by atoms with Crippen LogP contribution in [0.5, 0.6) is 5.88 Å². The number of hydrazone groups is 1. The van der Waals surface area contributed by atoms with Crippen LogP contribution in [0.2, 0.25) is 5.02 Å². The molecule has 0 amide bonds. The number of ether oxygens (including phenoxy) is 1. The first-order chi connectivity index (χ1) is 20.9. The molecule has 3 aromatic heterocycles. The minimum atomic E-state index is -0.990. The van der Waals surface area contributed by atoms with E-state index in [1.54, 1.807) is 49.1 Å². The molecule has 43 heavy (non-hydrogen) atoms. The van der Waals surface area contributed by atoms with Crippen LogP contribution in [0.1, 0.15) is 34.4 Å². The van der Waals surface area contributed by atoms with Gasteiger partial charge in [-0.05, 0) is 43.3 Å². The lowest BCUT2D eigenvalue weighted by Crippen LogP contribution is -2.38. The van der Waals surface area contributed by atoms with Crippen LogP contribution in [0.4, 0.5) is 10.2 Å². The van der Waals surface area contributed by atoms with Gasteiger partial charge in [-0.3, -0.25) is 5.01 Å². The third-order valence-corrected chi connectivity index (χ3v) is 7.44. The molecular weight excluding hydrogens is 575 g/mol. The molecule has 2 aromatic carbocycles. The van der Waals surface area contributed by atoms with E-state index in [-0.39, 0.29) is 12.2 Å². The lowest BCUT2D eigenvalue weighted by molar-refractivity contribution is 0.0697. The zero-order valence-electron chi connectivity index (χ0n) is 23.3. The summed E-state index contributed by atoms with van der Waals surface area (Å²) >= 11 is 5.84. The molecule has 13 heteroatoms. The van der Waals surface area contributed by atoms with Crippen molar-refractivity contribution in [2.45, 2.75) is 33.2 Å². The molecule has 1 aliphatic rings. The van der Waals surface area contributed by atoms with Crippen molar-refractivity contribution in [3.05, 3.63) is 101 Å². The second kappa shape index (κ2) is 12.1. The van der Waals surface area contributed by atoms with Crippen molar-refractivity contribution >= 4 is 40.8 Å². The molecule has 0 saturated heterocycles. The van der Waals surface area contributed by atoms with Crippen LogP contribution in [0.25, 0.3) is 11.0 Å². The average Bonchev–Trinajstić information content (AvgIpc) is 3.61. The monoisotopic (exact) mass is 602 g/mol. The van der Waals surface area contributed by atoms with Crippen molar-refractivity contribution in [2.75, 3.05) is 18.0 Å². The molecule has 4 heterocycles. The molecule has 0 atom stereocenters. The molecular formula is C30H28ClFN8O3. The number of halogens is 2. The molecule has 0 saturated carbocycles. The van der Waals surface area contributed by atoms with Crippen LogP contribution in [0.15, 0.2) is 72.2 Å². The van der Waals surface area contributed by atoms with Crippen LogP contribution in [-0.2, 0) is 26.2 Å². The number of pyridine rings is 1. The number of benzene rings is 2. The van der Waals surface area contributed by atoms with Gasteiger partial charge in [-0.2, -0.15) is 10.1 Å². The molecule has 5 aromatic rings. The number of rotatable bonds is 10. The van der Waals surface area contributed by atoms with E-state index in [1.807, 2.05) is 44.3 Å².